The number of hydrazine groups is 1. The fourth-order valence-corrected chi connectivity index (χ4v) is 0.829. The minimum Gasteiger partial charge on any atom is -0.691 e. The normalized spacial score (nSPS) is 22.6. The molecule has 0 radical (unpaired) electrons. The van der Waals surface area contributed by atoms with Gasteiger partial charge in [-0.2, -0.15) is 0 Å². The van der Waals surface area contributed by atoms with Gasteiger partial charge in [-0.1, -0.05) is 5.11 Å². The Morgan fingerprint density at radius 2 is 2.47 bits per heavy atom. The first-order valence-corrected chi connectivity index (χ1v) is 3.68. The SMILES string of the molecule is NC1=NON(N)C1N=[N+]([O-])c1cnon1. The minimum atomic E-state index is -1.00. The maximum atomic E-state index is 11.3. The second kappa shape index (κ2) is 3.47. The van der Waals surface area contributed by atoms with E-state index in [-0.39, 0.29) is 16.5 Å². The zero-order chi connectivity index (χ0) is 10.8. The summed E-state index contributed by atoms with van der Waals surface area (Å²) in [5.74, 6) is 5.09. The molecule has 1 unspecified atom stereocenters. The Balaban J connectivity index is 2.20. The van der Waals surface area contributed by atoms with E-state index >= 15 is 0 Å². The van der Waals surface area contributed by atoms with Crippen LogP contribution in [0.2, 0.25) is 0 Å². The molecular formula is C4H6N8O3. The topological polar surface area (TPSA) is 154 Å². The van der Waals surface area contributed by atoms with Gasteiger partial charge >= 0.3 is 5.82 Å². The van der Waals surface area contributed by atoms with Gasteiger partial charge in [0.2, 0.25) is 0 Å². The van der Waals surface area contributed by atoms with Crippen molar-refractivity contribution in [1.82, 2.24) is 15.5 Å². The van der Waals surface area contributed by atoms with Crippen molar-refractivity contribution in [3.05, 3.63) is 11.4 Å². The van der Waals surface area contributed by atoms with E-state index in [1.54, 1.807) is 0 Å². The van der Waals surface area contributed by atoms with Gasteiger partial charge in [0, 0.05) is 0 Å². The van der Waals surface area contributed by atoms with Crippen LogP contribution in [-0.4, -0.2) is 32.3 Å². The third-order valence-electron chi connectivity index (χ3n) is 1.51. The lowest BCUT2D eigenvalue weighted by atomic mass is 10.5. The van der Waals surface area contributed by atoms with Crippen LogP contribution in [0.3, 0.4) is 0 Å². The predicted octanol–water partition coefficient (Wildman–Crippen LogP) is -1.62. The van der Waals surface area contributed by atoms with Crippen molar-refractivity contribution in [2.45, 2.75) is 6.17 Å². The number of oxime groups is 1. The van der Waals surface area contributed by atoms with E-state index in [4.69, 9.17) is 11.6 Å². The van der Waals surface area contributed by atoms with Crippen molar-refractivity contribution in [2.75, 3.05) is 0 Å². The van der Waals surface area contributed by atoms with Crippen molar-refractivity contribution in [3.63, 3.8) is 0 Å². The lowest BCUT2D eigenvalue weighted by Gasteiger charge is -2.10. The van der Waals surface area contributed by atoms with Crippen LogP contribution in [0.4, 0.5) is 5.82 Å². The van der Waals surface area contributed by atoms with Crippen LogP contribution >= 0.6 is 0 Å². The molecule has 0 saturated carbocycles. The highest BCUT2D eigenvalue weighted by molar-refractivity contribution is 5.85. The quantitative estimate of drug-likeness (QED) is 0.257. The highest BCUT2D eigenvalue weighted by Crippen LogP contribution is 2.10. The van der Waals surface area contributed by atoms with Gasteiger partial charge in [0.05, 0.1) is 0 Å². The molecule has 0 bridgehead atoms. The van der Waals surface area contributed by atoms with Crippen LogP contribution < -0.4 is 11.6 Å². The van der Waals surface area contributed by atoms with Crippen molar-refractivity contribution in [1.29, 1.82) is 0 Å². The molecule has 0 fully saturated rings. The van der Waals surface area contributed by atoms with Crippen LogP contribution in [0, 0.1) is 5.21 Å². The van der Waals surface area contributed by atoms with Crippen molar-refractivity contribution >= 4 is 11.7 Å². The number of nitrogens with two attached hydrogens (primary N) is 2. The maximum absolute atomic E-state index is 11.3. The molecule has 11 nitrogen and oxygen atoms in total. The van der Waals surface area contributed by atoms with Gasteiger partial charge in [-0.25, -0.2) is 5.84 Å². The summed E-state index contributed by atoms with van der Waals surface area (Å²) in [4.78, 5) is 4.60. The summed E-state index contributed by atoms with van der Waals surface area (Å²) in [5.41, 5.74) is 5.36. The van der Waals surface area contributed by atoms with Gasteiger partial charge < -0.3 is 10.9 Å². The first-order chi connectivity index (χ1) is 7.18. The van der Waals surface area contributed by atoms with E-state index in [1.165, 1.54) is 0 Å². The Morgan fingerprint density at radius 3 is 3.00 bits per heavy atom. The Bertz CT molecular complexity index is 398. The Morgan fingerprint density at radius 1 is 1.67 bits per heavy atom. The summed E-state index contributed by atoms with van der Waals surface area (Å²) in [7, 11) is 0. The highest BCUT2D eigenvalue weighted by atomic mass is 16.8. The molecule has 0 amide bonds. The third-order valence-corrected chi connectivity index (χ3v) is 1.51. The molecule has 0 saturated heterocycles. The molecule has 0 spiro atoms. The van der Waals surface area contributed by atoms with Crippen molar-refractivity contribution < 1.29 is 14.4 Å². The molecule has 1 aromatic rings. The molecule has 4 N–H and O–H groups in total. The summed E-state index contributed by atoms with van der Waals surface area (Å²) in [6.45, 7) is 0. The van der Waals surface area contributed by atoms with E-state index in [0.717, 1.165) is 6.20 Å². The van der Waals surface area contributed by atoms with E-state index in [1.807, 2.05) is 0 Å². The average Bonchev–Trinajstić information content (AvgIpc) is 2.82. The first-order valence-electron chi connectivity index (χ1n) is 3.68. The number of amidine groups is 1. The molecule has 1 aliphatic rings. The van der Waals surface area contributed by atoms with Crippen LogP contribution in [0.1, 0.15) is 0 Å². The molecule has 1 aliphatic heterocycles. The Kier molecular flexibility index (Phi) is 2.15. The Labute approximate surface area is 82.0 Å². The van der Waals surface area contributed by atoms with Crippen LogP contribution in [0.15, 0.2) is 21.1 Å². The van der Waals surface area contributed by atoms with Crippen LogP contribution in [-0.2, 0) is 4.94 Å². The van der Waals surface area contributed by atoms with Crippen LogP contribution in [0.25, 0.3) is 0 Å². The summed E-state index contributed by atoms with van der Waals surface area (Å²) in [6.07, 6.45) is 0.0831. The molecular weight excluding hydrogens is 208 g/mol. The first kappa shape index (κ1) is 9.29. The van der Waals surface area contributed by atoms with Gasteiger partial charge in [0.15, 0.2) is 17.2 Å². The lowest BCUT2D eigenvalue weighted by molar-refractivity contribution is -0.455. The number of rotatable bonds is 2. The van der Waals surface area contributed by atoms with Gasteiger partial charge in [0.25, 0.3) is 6.17 Å². The summed E-state index contributed by atoms with van der Waals surface area (Å²) >= 11 is 0. The zero-order valence-corrected chi connectivity index (χ0v) is 7.22. The molecule has 0 aliphatic carbocycles. The number of hydroxylamine groups is 1. The molecule has 15 heavy (non-hydrogen) atoms. The number of azo groups is 1. The van der Waals surface area contributed by atoms with Crippen molar-refractivity contribution in [3.8, 4) is 0 Å². The number of aromatic nitrogens is 2. The summed E-state index contributed by atoms with van der Waals surface area (Å²) < 4.78 is 4.21. The maximum Gasteiger partial charge on any atom is 0.418 e. The standard InChI is InChI=1S/C4H6N8O3/c5-3-4(11(6)15-10-3)8-12(13)2-1-7-14-9-2/h1,4H,6H2,(H2,5,10). The van der Waals surface area contributed by atoms with E-state index < -0.39 is 6.17 Å². The fraction of sp³-hybridized carbons (Fsp3) is 0.250. The Hall–Kier alpha value is -2.27. The van der Waals surface area contributed by atoms with E-state index in [2.05, 4.69) is 30.2 Å². The largest absolute Gasteiger partial charge is 0.691 e. The minimum absolute atomic E-state index is 0.0465. The van der Waals surface area contributed by atoms with Crippen LogP contribution in [0.5, 0.6) is 0 Å². The smallest absolute Gasteiger partial charge is 0.418 e. The average molecular weight is 214 g/mol. The van der Waals surface area contributed by atoms with Gasteiger partial charge in [0.1, 0.15) is 0 Å². The number of nitrogens with zero attached hydrogens (tertiary/aromatic N) is 6. The van der Waals surface area contributed by atoms with Crippen molar-refractivity contribution in [2.24, 2.45) is 21.8 Å². The van der Waals surface area contributed by atoms with Gasteiger partial charge in [-0.15, -0.1) is 9.49 Å². The zero-order valence-electron chi connectivity index (χ0n) is 7.22. The second-order valence-corrected chi connectivity index (χ2v) is 2.49. The lowest BCUT2D eigenvalue weighted by Crippen LogP contribution is -2.41. The second-order valence-electron chi connectivity index (χ2n) is 2.49. The molecule has 11 heteroatoms. The van der Waals surface area contributed by atoms with Gasteiger partial charge in [-0.05, 0) is 15.5 Å². The van der Waals surface area contributed by atoms with Gasteiger partial charge in [-0.3, -0.25) is 4.94 Å². The third kappa shape index (κ3) is 1.68. The summed E-state index contributed by atoms with van der Waals surface area (Å²) in [6, 6.07) is 0. The number of hydrogen-bond donors (Lipinski definition) is 2. The predicted molar refractivity (Wildman–Crippen MR) is 42.5 cm³/mol. The fourth-order valence-electron chi connectivity index (χ4n) is 0.829. The molecule has 0 aromatic carbocycles. The molecule has 80 valence electrons. The molecule has 2 heterocycles. The summed E-state index contributed by atoms with van der Waals surface area (Å²) in [5, 5.41) is 25.3. The monoisotopic (exact) mass is 214 g/mol. The van der Waals surface area contributed by atoms with E-state index in [0.29, 0.717) is 5.17 Å². The molecule has 1 aromatic heterocycles. The number of hydrogen-bond acceptors (Lipinski definition) is 10. The van der Waals surface area contributed by atoms with E-state index in [9.17, 15) is 5.21 Å². The highest BCUT2D eigenvalue weighted by Gasteiger charge is 2.30. The molecule has 2 rings (SSSR count). The molecule has 1 atom stereocenters.